The van der Waals surface area contributed by atoms with Gasteiger partial charge >= 0.3 is 6.18 Å². The molecule has 0 spiro atoms. The Hall–Kier alpha value is -0.540. The van der Waals surface area contributed by atoms with Crippen molar-refractivity contribution in [1.82, 2.24) is 0 Å². The van der Waals surface area contributed by atoms with Crippen molar-refractivity contribution in [2.24, 2.45) is 5.92 Å². The van der Waals surface area contributed by atoms with Gasteiger partial charge in [0.1, 0.15) is 5.78 Å². The van der Waals surface area contributed by atoms with Crippen molar-refractivity contribution >= 4 is 5.78 Å². The van der Waals surface area contributed by atoms with Gasteiger partial charge in [0, 0.05) is 5.92 Å². The van der Waals surface area contributed by atoms with Crippen LogP contribution in [0.2, 0.25) is 0 Å². The molecule has 0 aromatic rings. The second-order valence-corrected chi connectivity index (χ2v) is 2.33. The van der Waals surface area contributed by atoms with Crippen LogP contribution in [0, 0.1) is 5.92 Å². The highest BCUT2D eigenvalue weighted by Gasteiger charge is 2.31. The largest absolute Gasteiger partial charge is 0.389 e. The van der Waals surface area contributed by atoms with Gasteiger partial charge in [0.2, 0.25) is 0 Å². The first-order valence-corrected chi connectivity index (χ1v) is 3.90. The van der Waals surface area contributed by atoms with Crippen molar-refractivity contribution in [2.75, 3.05) is 0 Å². The van der Waals surface area contributed by atoms with Crippen LogP contribution in [-0.4, -0.2) is 12.0 Å². The number of alkyl halides is 3. The summed E-state index contributed by atoms with van der Waals surface area (Å²) in [6.07, 6.45) is -5.23. The molecule has 0 rings (SSSR count). The molecule has 74 valence electrons. The van der Waals surface area contributed by atoms with Gasteiger partial charge in [-0.1, -0.05) is 20.8 Å². The van der Waals surface area contributed by atoms with E-state index >= 15 is 0 Å². The predicted molar refractivity (Wildman–Crippen MR) is 41.9 cm³/mol. The van der Waals surface area contributed by atoms with E-state index in [1.165, 1.54) is 6.92 Å². The third-order valence-corrected chi connectivity index (χ3v) is 1.23. The van der Waals surface area contributed by atoms with Gasteiger partial charge < -0.3 is 0 Å². The van der Waals surface area contributed by atoms with E-state index in [0.29, 0.717) is 0 Å². The Balaban J connectivity index is 0. The normalized spacial score (nSPS) is 12.9. The maximum Gasteiger partial charge on any atom is 0.389 e. The summed E-state index contributed by atoms with van der Waals surface area (Å²) in [4.78, 5) is 10.3. The molecule has 4 heteroatoms. The van der Waals surface area contributed by atoms with Gasteiger partial charge in [0.05, 0.1) is 6.42 Å². The third kappa shape index (κ3) is 9.46. The van der Waals surface area contributed by atoms with Crippen molar-refractivity contribution in [3.05, 3.63) is 0 Å². The zero-order chi connectivity index (χ0) is 10.4. The summed E-state index contributed by atoms with van der Waals surface area (Å²) < 4.78 is 34.5. The summed E-state index contributed by atoms with van der Waals surface area (Å²) >= 11 is 0. The van der Waals surface area contributed by atoms with Crippen molar-refractivity contribution in [3.8, 4) is 0 Å². The Labute approximate surface area is 71.0 Å². The molecule has 0 amide bonds. The SMILES string of the molecule is CC.CC(=O)C(C)CC(F)(F)F. The van der Waals surface area contributed by atoms with E-state index in [-0.39, 0.29) is 0 Å². The van der Waals surface area contributed by atoms with E-state index in [0.717, 1.165) is 6.92 Å². The number of carbonyl (C=O) groups excluding carboxylic acids is 1. The van der Waals surface area contributed by atoms with E-state index in [4.69, 9.17) is 0 Å². The fraction of sp³-hybridized carbons (Fsp3) is 0.875. The summed E-state index contributed by atoms with van der Waals surface area (Å²) in [6.45, 7) is 6.44. The van der Waals surface area contributed by atoms with E-state index in [1.54, 1.807) is 0 Å². The van der Waals surface area contributed by atoms with Gasteiger partial charge in [-0.15, -0.1) is 0 Å². The van der Waals surface area contributed by atoms with Gasteiger partial charge in [0.25, 0.3) is 0 Å². The van der Waals surface area contributed by atoms with Gasteiger partial charge in [-0.3, -0.25) is 4.79 Å². The number of ketones is 1. The quantitative estimate of drug-likeness (QED) is 0.644. The second kappa shape index (κ2) is 6.03. The number of halogens is 3. The van der Waals surface area contributed by atoms with Crippen molar-refractivity contribution < 1.29 is 18.0 Å². The Morgan fingerprint density at radius 3 is 1.75 bits per heavy atom. The standard InChI is InChI=1S/C6H9F3O.C2H6/c1-4(5(2)10)3-6(7,8)9;1-2/h4H,3H2,1-2H3;1-2H3. The molecule has 0 N–H and O–H groups in total. The molecule has 0 saturated heterocycles. The van der Waals surface area contributed by atoms with Crippen LogP contribution in [-0.2, 0) is 4.79 Å². The monoisotopic (exact) mass is 184 g/mol. The lowest BCUT2D eigenvalue weighted by Gasteiger charge is -2.09. The minimum absolute atomic E-state index is 0.419. The molecule has 0 aliphatic carbocycles. The van der Waals surface area contributed by atoms with Gasteiger partial charge in [-0.25, -0.2) is 0 Å². The van der Waals surface area contributed by atoms with Crippen LogP contribution in [0.1, 0.15) is 34.1 Å². The van der Waals surface area contributed by atoms with Crippen LogP contribution in [0.4, 0.5) is 13.2 Å². The van der Waals surface area contributed by atoms with Crippen LogP contribution in [0.25, 0.3) is 0 Å². The lowest BCUT2D eigenvalue weighted by Crippen LogP contribution is -2.17. The van der Waals surface area contributed by atoms with E-state index in [9.17, 15) is 18.0 Å². The summed E-state index contributed by atoms with van der Waals surface area (Å²) in [5.74, 6) is -1.32. The van der Waals surface area contributed by atoms with Crippen molar-refractivity contribution in [1.29, 1.82) is 0 Å². The zero-order valence-corrected chi connectivity index (χ0v) is 7.83. The number of hydrogen-bond acceptors (Lipinski definition) is 1. The third-order valence-electron chi connectivity index (χ3n) is 1.23. The van der Waals surface area contributed by atoms with Gasteiger partial charge in [-0.2, -0.15) is 13.2 Å². The molecule has 0 aromatic heterocycles. The van der Waals surface area contributed by atoms with Crippen LogP contribution < -0.4 is 0 Å². The average Bonchev–Trinajstić information content (AvgIpc) is 1.88. The number of rotatable bonds is 2. The number of Topliss-reactive ketones (excluding diaryl/α,β-unsaturated/α-hetero) is 1. The average molecular weight is 184 g/mol. The Bertz CT molecular complexity index is 129. The lowest BCUT2D eigenvalue weighted by molar-refractivity contribution is -0.151. The predicted octanol–water partition coefficient (Wildman–Crippen LogP) is 3.19. The number of carbonyl (C=O) groups is 1. The molecule has 12 heavy (non-hydrogen) atoms. The van der Waals surface area contributed by atoms with E-state index < -0.39 is 24.3 Å². The van der Waals surface area contributed by atoms with Crippen LogP contribution >= 0.6 is 0 Å². The molecule has 1 atom stereocenters. The fourth-order valence-corrected chi connectivity index (χ4v) is 0.491. The summed E-state index contributed by atoms with van der Waals surface area (Å²) in [7, 11) is 0. The molecule has 1 unspecified atom stereocenters. The fourth-order valence-electron chi connectivity index (χ4n) is 0.491. The molecular formula is C8H15F3O. The molecule has 0 saturated carbocycles. The molecule has 0 fully saturated rings. The minimum atomic E-state index is -4.22. The molecule has 0 bridgehead atoms. The van der Waals surface area contributed by atoms with Crippen molar-refractivity contribution in [3.63, 3.8) is 0 Å². The van der Waals surface area contributed by atoms with Gasteiger partial charge in [0.15, 0.2) is 0 Å². The molecule has 0 radical (unpaired) electrons. The molecule has 0 aliphatic rings. The smallest absolute Gasteiger partial charge is 0.300 e. The zero-order valence-electron chi connectivity index (χ0n) is 7.83. The molecule has 0 aromatic carbocycles. The molecule has 0 aliphatic heterocycles. The summed E-state index contributed by atoms with van der Waals surface area (Å²) in [5.41, 5.74) is 0. The van der Waals surface area contributed by atoms with E-state index in [2.05, 4.69) is 0 Å². The van der Waals surface area contributed by atoms with E-state index in [1.807, 2.05) is 13.8 Å². The Kier molecular flexibility index (Phi) is 7.04. The Morgan fingerprint density at radius 1 is 1.33 bits per heavy atom. The lowest BCUT2D eigenvalue weighted by atomic mass is 10.0. The first-order valence-electron chi connectivity index (χ1n) is 3.90. The summed E-state index contributed by atoms with van der Waals surface area (Å²) in [5, 5.41) is 0. The molecule has 1 nitrogen and oxygen atoms in total. The topological polar surface area (TPSA) is 17.1 Å². The highest BCUT2D eigenvalue weighted by Crippen LogP contribution is 2.24. The first kappa shape index (κ1) is 14.0. The van der Waals surface area contributed by atoms with Crippen LogP contribution in [0.15, 0.2) is 0 Å². The van der Waals surface area contributed by atoms with Gasteiger partial charge in [-0.05, 0) is 6.92 Å². The minimum Gasteiger partial charge on any atom is -0.300 e. The highest BCUT2D eigenvalue weighted by molar-refractivity contribution is 5.77. The second-order valence-electron chi connectivity index (χ2n) is 2.33. The Morgan fingerprint density at radius 2 is 1.67 bits per heavy atom. The van der Waals surface area contributed by atoms with Crippen LogP contribution in [0.5, 0.6) is 0 Å². The highest BCUT2D eigenvalue weighted by atomic mass is 19.4. The first-order chi connectivity index (χ1) is 5.33. The summed E-state index contributed by atoms with van der Waals surface area (Å²) in [6, 6.07) is 0. The molecular weight excluding hydrogens is 169 g/mol. The van der Waals surface area contributed by atoms with Crippen molar-refractivity contribution in [2.45, 2.75) is 40.3 Å². The molecule has 0 heterocycles. The maximum absolute atomic E-state index is 11.5. The van der Waals surface area contributed by atoms with Crippen LogP contribution in [0.3, 0.4) is 0 Å². The maximum atomic E-state index is 11.5. The number of hydrogen-bond donors (Lipinski definition) is 0.